The van der Waals surface area contributed by atoms with Gasteiger partial charge in [-0.2, -0.15) is 5.10 Å². The molecule has 0 spiro atoms. The number of aryl methyl sites for hydroxylation is 1. The van der Waals surface area contributed by atoms with Crippen LogP contribution in [0, 0.1) is 6.92 Å². The SMILES string of the molecule is Cc1cc(C2C=CC=C2)nn1-c1ccc(-c2ccccc2)cc1. The lowest BCUT2D eigenvalue weighted by atomic mass is 10.1. The van der Waals surface area contributed by atoms with Crippen molar-refractivity contribution in [2.45, 2.75) is 12.8 Å². The summed E-state index contributed by atoms with van der Waals surface area (Å²) in [6.45, 7) is 2.10. The minimum Gasteiger partial charge on any atom is -0.238 e. The maximum absolute atomic E-state index is 4.78. The number of rotatable bonds is 3. The Labute approximate surface area is 136 Å². The standard InChI is InChI=1S/C21H18N2/c1-16-15-21(19-9-5-6-10-19)22-23(16)20-13-11-18(12-14-20)17-7-3-2-4-8-17/h2-15,19H,1H3. The lowest BCUT2D eigenvalue weighted by Crippen LogP contribution is -2.00. The van der Waals surface area contributed by atoms with Gasteiger partial charge < -0.3 is 0 Å². The molecule has 23 heavy (non-hydrogen) atoms. The third-order valence-corrected chi connectivity index (χ3v) is 4.21. The lowest BCUT2D eigenvalue weighted by molar-refractivity contribution is 0.813. The highest BCUT2D eigenvalue weighted by Gasteiger charge is 2.13. The molecule has 2 nitrogen and oxygen atoms in total. The first-order valence-corrected chi connectivity index (χ1v) is 7.89. The summed E-state index contributed by atoms with van der Waals surface area (Å²) in [5, 5.41) is 4.78. The quantitative estimate of drug-likeness (QED) is 0.661. The fourth-order valence-corrected chi connectivity index (χ4v) is 2.98. The van der Waals surface area contributed by atoms with Crippen molar-refractivity contribution < 1.29 is 0 Å². The minimum atomic E-state index is 0.304. The second kappa shape index (κ2) is 5.73. The molecule has 0 saturated carbocycles. The van der Waals surface area contributed by atoms with Crippen LogP contribution >= 0.6 is 0 Å². The average molecular weight is 298 g/mol. The van der Waals surface area contributed by atoms with E-state index in [4.69, 9.17) is 5.10 Å². The van der Waals surface area contributed by atoms with Gasteiger partial charge in [-0.25, -0.2) is 4.68 Å². The van der Waals surface area contributed by atoms with Crippen LogP contribution in [0.2, 0.25) is 0 Å². The van der Waals surface area contributed by atoms with Crippen molar-refractivity contribution >= 4 is 0 Å². The van der Waals surface area contributed by atoms with Gasteiger partial charge in [0.25, 0.3) is 0 Å². The van der Waals surface area contributed by atoms with Crippen LogP contribution < -0.4 is 0 Å². The molecule has 1 aliphatic rings. The predicted molar refractivity (Wildman–Crippen MR) is 94.8 cm³/mol. The summed E-state index contributed by atoms with van der Waals surface area (Å²) in [4.78, 5) is 0. The van der Waals surface area contributed by atoms with Gasteiger partial charge in [-0.1, -0.05) is 66.8 Å². The second-order valence-electron chi connectivity index (χ2n) is 5.83. The molecule has 0 bridgehead atoms. The smallest absolute Gasteiger partial charge is 0.0738 e. The van der Waals surface area contributed by atoms with Crippen LogP contribution in [0.5, 0.6) is 0 Å². The van der Waals surface area contributed by atoms with Crippen LogP contribution in [0.25, 0.3) is 16.8 Å². The van der Waals surface area contributed by atoms with Crippen LogP contribution in [-0.4, -0.2) is 9.78 Å². The molecule has 0 atom stereocenters. The normalized spacial score (nSPS) is 13.8. The molecular weight excluding hydrogens is 280 g/mol. The van der Waals surface area contributed by atoms with Gasteiger partial charge in [0.15, 0.2) is 0 Å². The van der Waals surface area contributed by atoms with Gasteiger partial charge in [0.2, 0.25) is 0 Å². The third kappa shape index (κ3) is 2.64. The Kier molecular flexibility index (Phi) is 3.43. The van der Waals surface area contributed by atoms with Crippen molar-refractivity contribution in [2.75, 3.05) is 0 Å². The summed E-state index contributed by atoms with van der Waals surface area (Å²) in [7, 11) is 0. The summed E-state index contributed by atoms with van der Waals surface area (Å²) >= 11 is 0. The fraction of sp³-hybridized carbons (Fsp3) is 0.0952. The Balaban J connectivity index is 1.66. The Hall–Kier alpha value is -2.87. The number of benzene rings is 2. The summed E-state index contributed by atoms with van der Waals surface area (Å²) in [6.07, 6.45) is 8.50. The molecule has 0 radical (unpaired) electrons. The first-order chi connectivity index (χ1) is 11.3. The van der Waals surface area contributed by atoms with E-state index in [9.17, 15) is 0 Å². The van der Waals surface area contributed by atoms with E-state index in [0.717, 1.165) is 17.1 Å². The number of hydrogen-bond acceptors (Lipinski definition) is 1. The van der Waals surface area contributed by atoms with Crippen molar-refractivity contribution in [1.29, 1.82) is 0 Å². The van der Waals surface area contributed by atoms with Gasteiger partial charge in [-0.15, -0.1) is 0 Å². The first kappa shape index (κ1) is 13.8. The van der Waals surface area contributed by atoms with Crippen molar-refractivity contribution in [2.24, 2.45) is 0 Å². The molecule has 3 aromatic rings. The molecule has 0 unspecified atom stereocenters. The Morgan fingerprint density at radius 3 is 2.17 bits per heavy atom. The molecule has 0 N–H and O–H groups in total. The van der Waals surface area contributed by atoms with Gasteiger partial charge in [-0.05, 0) is 36.2 Å². The van der Waals surface area contributed by atoms with E-state index in [1.54, 1.807) is 0 Å². The maximum Gasteiger partial charge on any atom is 0.0738 e. The minimum absolute atomic E-state index is 0.304. The van der Waals surface area contributed by atoms with Gasteiger partial charge in [-0.3, -0.25) is 0 Å². The molecule has 2 aromatic carbocycles. The molecule has 112 valence electrons. The first-order valence-electron chi connectivity index (χ1n) is 7.89. The lowest BCUT2D eigenvalue weighted by Gasteiger charge is -2.07. The molecule has 1 aromatic heterocycles. The van der Waals surface area contributed by atoms with Gasteiger partial charge in [0.1, 0.15) is 0 Å². The van der Waals surface area contributed by atoms with E-state index in [2.05, 4.69) is 85.8 Å². The molecule has 0 fully saturated rings. The number of aromatic nitrogens is 2. The van der Waals surface area contributed by atoms with E-state index in [1.807, 2.05) is 10.7 Å². The molecule has 1 aliphatic carbocycles. The summed E-state index contributed by atoms with van der Waals surface area (Å²) < 4.78 is 2.02. The van der Waals surface area contributed by atoms with Gasteiger partial charge >= 0.3 is 0 Å². The van der Waals surface area contributed by atoms with Crippen LogP contribution in [0.15, 0.2) is 85.0 Å². The van der Waals surface area contributed by atoms with Crippen molar-refractivity contribution in [3.63, 3.8) is 0 Å². The largest absolute Gasteiger partial charge is 0.238 e. The van der Waals surface area contributed by atoms with E-state index in [1.165, 1.54) is 11.1 Å². The van der Waals surface area contributed by atoms with Crippen molar-refractivity contribution in [1.82, 2.24) is 9.78 Å². The summed E-state index contributed by atoms with van der Waals surface area (Å²) in [5.74, 6) is 0.304. The average Bonchev–Trinajstić information content (AvgIpc) is 3.25. The van der Waals surface area contributed by atoms with E-state index < -0.39 is 0 Å². The van der Waals surface area contributed by atoms with Crippen LogP contribution in [0.4, 0.5) is 0 Å². The Bertz CT molecular complexity index is 856. The highest BCUT2D eigenvalue weighted by molar-refractivity contribution is 5.64. The zero-order chi connectivity index (χ0) is 15.6. The summed E-state index contributed by atoms with van der Waals surface area (Å²) in [6, 6.07) is 21.2. The Morgan fingerprint density at radius 2 is 1.48 bits per heavy atom. The highest BCUT2D eigenvalue weighted by atomic mass is 15.3. The van der Waals surface area contributed by atoms with Crippen LogP contribution in [0.3, 0.4) is 0 Å². The van der Waals surface area contributed by atoms with E-state index >= 15 is 0 Å². The van der Waals surface area contributed by atoms with Crippen LogP contribution in [0.1, 0.15) is 17.3 Å². The molecule has 0 aliphatic heterocycles. The van der Waals surface area contributed by atoms with Crippen LogP contribution in [-0.2, 0) is 0 Å². The van der Waals surface area contributed by atoms with E-state index in [0.29, 0.717) is 5.92 Å². The molecular formula is C21H18N2. The molecule has 0 amide bonds. The molecule has 0 saturated heterocycles. The zero-order valence-corrected chi connectivity index (χ0v) is 13.1. The monoisotopic (exact) mass is 298 g/mol. The van der Waals surface area contributed by atoms with Gasteiger partial charge in [0, 0.05) is 11.6 Å². The Morgan fingerprint density at radius 1 is 0.826 bits per heavy atom. The van der Waals surface area contributed by atoms with Crippen molar-refractivity contribution in [3.05, 3.63) is 96.4 Å². The number of allylic oxidation sites excluding steroid dienone is 4. The van der Waals surface area contributed by atoms with Crippen molar-refractivity contribution in [3.8, 4) is 16.8 Å². The molecule has 1 heterocycles. The summed E-state index contributed by atoms with van der Waals surface area (Å²) in [5.41, 5.74) is 5.80. The second-order valence-corrected chi connectivity index (χ2v) is 5.83. The maximum atomic E-state index is 4.78. The van der Waals surface area contributed by atoms with E-state index in [-0.39, 0.29) is 0 Å². The van der Waals surface area contributed by atoms with Gasteiger partial charge in [0.05, 0.1) is 11.4 Å². The number of hydrogen-bond donors (Lipinski definition) is 0. The number of nitrogens with zero attached hydrogens (tertiary/aromatic N) is 2. The molecule has 4 rings (SSSR count). The third-order valence-electron chi connectivity index (χ3n) is 4.21. The topological polar surface area (TPSA) is 17.8 Å². The predicted octanol–water partition coefficient (Wildman–Crippen LogP) is 5.06. The fourth-order valence-electron chi connectivity index (χ4n) is 2.98. The zero-order valence-electron chi connectivity index (χ0n) is 13.1. The highest BCUT2D eigenvalue weighted by Crippen LogP contribution is 2.25. The molecule has 2 heteroatoms.